The van der Waals surface area contributed by atoms with E-state index in [2.05, 4.69) is 15.6 Å². The first-order valence-corrected chi connectivity index (χ1v) is 4.41. The first-order chi connectivity index (χ1) is 6.91. The maximum Gasteiger partial charge on any atom is 0.316 e. The maximum atomic E-state index is 11.0. The van der Waals surface area contributed by atoms with E-state index >= 15 is 0 Å². The van der Waals surface area contributed by atoms with Gasteiger partial charge in [-0.1, -0.05) is 13.8 Å². The van der Waals surface area contributed by atoms with Gasteiger partial charge in [0.15, 0.2) is 0 Å². The van der Waals surface area contributed by atoms with E-state index in [1.165, 1.54) is 0 Å². The van der Waals surface area contributed by atoms with Gasteiger partial charge >= 0.3 is 11.8 Å². The van der Waals surface area contributed by atoms with Crippen LogP contribution in [0.5, 0.6) is 0 Å². The van der Waals surface area contributed by atoms with Crippen molar-refractivity contribution >= 4 is 23.7 Å². The van der Waals surface area contributed by atoms with E-state index in [1.54, 1.807) is 13.8 Å². The van der Waals surface area contributed by atoms with Crippen molar-refractivity contribution in [2.45, 2.75) is 19.9 Å². The van der Waals surface area contributed by atoms with Gasteiger partial charge < -0.3 is 5.73 Å². The minimum atomic E-state index is -0.791. The Morgan fingerprint density at radius 3 is 2.07 bits per heavy atom. The van der Waals surface area contributed by atoms with Gasteiger partial charge in [0.25, 0.3) is 0 Å². The topological polar surface area (TPSA) is 114 Å². The van der Waals surface area contributed by atoms with E-state index in [0.29, 0.717) is 0 Å². The number of rotatable bonds is 3. The predicted molar refractivity (Wildman–Crippen MR) is 51.5 cm³/mol. The first kappa shape index (κ1) is 11.2. The molecule has 15 heavy (non-hydrogen) atoms. The third-order valence-corrected chi connectivity index (χ3v) is 1.86. The Kier molecular flexibility index (Phi) is 3.03. The fraction of sp³-hybridized carbons (Fsp3) is 0.500. The molecule has 0 aromatic heterocycles. The molecule has 1 aliphatic rings. The Morgan fingerprint density at radius 1 is 1.27 bits per heavy atom. The molecule has 0 aliphatic carbocycles. The van der Waals surface area contributed by atoms with E-state index in [4.69, 9.17) is 5.73 Å². The molecular formula is C8H12N4O3. The van der Waals surface area contributed by atoms with Crippen molar-refractivity contribution < 1.29 is 14.4 Å². The fourth-order valence-corrected chi connectivity index (χ4v) is 1.10. The van der Waals surface area contributed by atoms with E-state index < -0.39 is 23.8 Å². The maximum absolute atomic E-state index is 11.0. The standard InChI is InChI=1S/C8H12N4O3/c1-3(2)4(5(9)13)10-8-11-6(14)7(15)12-8/h3-4H,1-2H3,(H2,9,13)(H2,10,11,12,14,15). The van der Waals surface area contributed by atoms with Crippen molar-refractivity contribution in [3.63, 3.8) is 0 Å². The second-order valence-electron chi connectivity index (χ2n) is 3.48. The van der Waals surface area contributed by atoms with E-state index in [9.17, 15) is 14.4 Å². The summed E-state index contributed by atoms with van der Waals surface area (Å²) in [5.74, 6) is -2.32. The molecule has 1 unspecified atom stereocenters. The van der Waals surface area contributed by atoms with Crippen LogP contribution in [-0.4, -0.2) is 29.7 Å². The van der Waals surface area contributed by atoms with Crippen molar-refractivity contribution in [1.82, 2.24) is 10.6 Å². The largest absolute Gasteiger partial charge is 0.368 e. The van der Waals surface area contributed by atoms with E-state index in [-0.39, 0.29) is 11.9 Å². The molecule has 7 nitrogen and oxygen atoms in total. The fourth-order valence-electron chi connectivity index (χ4n) is 1.10. The summed E-state index contributed by atoms with van der Waals surface area (Å²) in [6.07, 6.45) is 0. The third-order valence-electron chi connectivity index (χ3n) is 1.86. The Balaban J connectivity index is 2.82. The van der Waals surface area contributed by atoms with Crippen molar-refractivity contribution in [2.75, 3.05) is 0 Å². The molecule has 1 atom stereocenters. The van der Waals surface area contributed by atoms with Gasteiger partial charge in [-0.25, -0.2) is 4.99 Å². The SMILES string of the molecule is CC(C)C(N=C1NC(=O)C(=O)N1)C(N)=O. The summed E-state index contributed by atoms with van der Waals surface area (Å²) in [6.45, 7) is 3.52. The lowest BCUT2D eigenvalue weighted by molar-refractivity contribution is -0.135. The molecular weight excluding hydrogens is 200 g/mol. The Bertz CT molecular complexity index is 330. The van der Waals surface area contributed by atoms with Gasteiger partial charge in [-0.2, -0.15) is 0 Å². The summed E-state index contributed by atoms with van der Waals surface area (Å²) in [5, 5.41) is 4.37. The Hall–Kier alpha value is -1.92. The molecule has 82 valence electrons. The van der Waals surface area contributed by atoms with Crippen LogP contribution in [0.2, 0.25) is 0 Å². The molecule has 0 aromatic carbocycles. The van der Waals surface area contributed by atoms with E-state index in [0.717, 1.165) is 0 Å². The lowest BCUT2D eigenvalue weighted by Crippen LogP contribution is -2.36. The number of aliphatic imine (C=N–C) groups is 1. The molecule has 0 spiro atoms. The average molecular weight is 212 g/mol. The molecule has 0 radical (unpaired) electrons. The molecule has 1 aliphatic heterocycles. The second kappa shape index (κ2) is 4.07. The molecule has 3 amide bonds. The molecule has 1 fully saturated rings. The second-order valence-corrected chi connectivity index (χ2v) is 3.48. The molecule has 0 aromatic rings. The number of hydrogen-bond donors (Lipinski definition) is 3. The van der Waals surface area contributed by atoms with Crippen LogP contribution in [0.25, 0.3) is 0 Å². The molecule has 4 N–H and O–H groups in total. The third kappa shape index (κ3) is 2.52. The van der Waals surface area contributed by atoms with Gasteiger partial charge in [0, 0.05) is 0 Å². The highest BCUT2D eigenvalue weighted by Gasteiger charge is 2.28. The van der Waals surface area contributed by atoms with Crippen LogP contribution in [0.15, 0.2) is 4.99 Å². The summed E-state index contributed by atoms with van der Waals surface area (Å²) in [7, 11) is 0. The Labute approximate surface area is 86.1 Å². The van der Waals surface area contributed by atoms with Gasteiger partial charge in [-0.3, -0.25) is 25.0 Å². The van der Waals surface area contributed by atoms with Crippen molar-refractivity contribution in [1.29, 1.82) is 0 Å². The smallest absolute Gasteiger partial charge is 0.316 e. The number of hydrogen-bond acceptors (Lipinski definition) is 4. The van der Waals surface area contributed by atoms with Crippen molar-refractivity contribution in [3.05, 3.63) is 0 Å². The number of amides is 3. The van der Waals surface area contributed by atoms with Crippen LogP contribution < -0.4 is 16.4 Å². The number of carbonyl (C=O) groups excluding carboxylic acids is 3. The van der Waals surface area contributed by atoms with Crippen molar-refractivity contribution in [3.8, 4) is 0 Å². The lowest BCUT2D eigenvalue weighted by Gasteiger charge is -2.12. The lowest BCUT2D eigenvalue weighted by atomic mass is 10.1. The van der Waals surface area contributed by atoms with Crippen LogP contribution in [0.1, 0.15) is 13.8 Å². The monoisotopic (exact) mass is 212 g/mol. The van der Waals surface area contributed by atoms with Gasteiger partial charge in [0.1, 0.15) is 6.04 Å². The minimum Gasteiger partial charge on any atom is -0.368 e. The zero-order valence-electron chi connectivity index (χ0n) is 8.40. The molecule has 0 bridgehead atoms. The zero-order valence-corrected chi connectivity index (χ0v) is 8.40. The normalized spacial score (nSPS) is 17.4. The molecule has 1 heterocycles. The van der Waals surface area contributed by atoms with Gasteiger partial charge in [-0.05, 0) is 5.92 Å². The average Bonchev–Trinajstić information content (AvgIpc) is 2.41. The number of nitrogens with one attached hydrogen (secondary N) is 2. The Morgan fingerprint density at radius 2 is 1.73 bits per heavy atom. The van der Waals surface area contributed by atoms with Crippen LogP contribution in [0.4, 0.5) is 0 Å². The highest BCUT2D eigenvalue weighted by molar-refractivity contribution is 6.45. The van der Waals surface area contributed by atoms with Gasteiger partial charge in [0.2, 0.25) is 11.9 Å². The van der Waals surface area contributed by atoms with Crippen LogP contribution >= 0.6 is 0 Å². The molecule has 1 rings (SSSR count). The summed E-state index contributed by atoms with van der Waals surface area (Å²) in [5.41, 5.74) is 5.11. The minimum absolute atomic E-state index is 0.0255. The van der Waals surface area contributed by atoms with Gasteiger partial charge in [-0.15, -0.1) is 0 Å². The highest BCUT2D eigenvalue weighted by atomic mass is 16.2. The highest BCUT2D eigenvalue weighted by Crippen LogP contribution is 2.05. The number of carbonyl (C=O) groups is 3. The number of primary amides is 1. The summed E-state index contributed by atoms with van der Waals surface area (Å²) >= 11 is 0. The number of guanidine groups is 1. The molecule has 7 heteroatoms. The number of nitrogens with two attached hydrogens (primary N) is 1. The van der Waals surface area contributed by atoms with Crippen LogP contribution in [0.3, 0.4) is 0 Å². The van der Waals surface area contributed by atoms with Crippen LogP contribution in [-0.2, 0) is 14.4 Å². The predicted octanol–water partition coefficient (Wildman–Crippen LogP) is -1.90. The van der Waals surface area contributed by atoms with Crippen LogP contribution in [0, 0.1) is 5.92 Å². The first-order valence-electron chi connectivity index (χ1n) is 4.41. The number of nitrogens with zero attached hydrogens (tertiary/aromatic N) is 1. The summed E-state index contributed by atoms with van der Waals surface area (Å²) < 4.78 is 0. The summed E-state index contributed by atoms with van der Waals surface area (Å²) in [4.78, 5) is 36.4. The molecule has 0 saturated carbocycles. The molecule has 1 saturated heterocycles. The quantitative estimate of drug-likeness (QED) is 0.474. The van der Waals surface area contributed by atoms with E-state index in [1.807, 2.05) is 0 Å². The zero-order chi connectivity index (χ0) is 11.6. The van der Waals surface area contributed by atoms with Gasteiger partial charge in [0.05, 0.1) is 0 Å². The van der Waals surface area contributed by atoms with Crippen molar-refractivity contribution in [2.24, 2.45) is 16.6 Å². The summed E-state index contributed by atoms with van der Waals surface area (Å²) in [6, 6.07) is -0.765.